The molecule has 1 N–H and O–H groups in total. The van der Waals surface area contributed by atoms with E-state index >= 15 is 0 Å². The van der Waals surface area contributed by atoms with Crippen molar-refractivity contribution in [2.75, 3.05) is 44.7 Å². The zero-order valence-corrected chi connectivity index (χ0v) is 17.2. The van der Waals surface area contributed by atoms with Gasteiger partial charge < -0.3 is 14.7 Å². The molecule has 0 radical (unpaired) electrons. The first-order valence-electron chi connectivity index (χ1n) is 10.5. The lowest BCUT2D eigenvalue weighted by molar-refractivity contribution is -0.159. The standard InChI is InChI=1S/C21H28N4O5/c1-30-16-5-2-4-15(14-16)22-10-12-23(13-11-22)24-9-8-17(20(24)21(28)29)25-18(26)6-3-7-19(25)27/h2,4-5,14,17,20H,3,6-13H2,1H3,(H,28,29). The summed E-state index contributed by atoms with van der Waals surface area (Å²) >= 11 is 0. The summed E-state index contributed by atoms with van der Waals surface area (Å²) in [7, 11) is 1.64. The van der Waals surface area contributed by atoms with Crippen LogP contribution < -0.4 is 9.64 Å². The van der Waals surface area contributed by atoms with E-state index in [1.165, 1.54) is 4.90 Å². The molecule has 2 atom stereocenters. The Balaban J connectivity index is 1.44. The fourth-order valence-corrected chi connectivity index (χ4v) is 4.80. The minimum Gasteiger partial charge on any atom is -0.497 e. The number of amides is 2. The van der Waals surface area contributed by atoms with Gasteiger partial charge in [-0.1, -0.05) is 6.07 Å². The van der Waals surface area contributed by atoms with Crippen LogP contribution in [0.5, 0.6) is 5.75 Å². The van der Waals surface area contributed by atoms with E-state index in [0.717, 1.165) is 24.5 Å². The maximum Gasteiger partial charge on any atom is 0.324 e. The Kier molecular flexibility index (Phi) is 5.92. The molecule has 162 valence electrons. The summed E-state index contributed by atoms with van der Waals surface area (Å²) in [5.74, 6) is -0.669. The molecule has 3 aliphatic rings. The maximum absolute atomic E-state index is 12.4. The molecule has 0 aliphatic carbocycles. The quantitative estimate of drug-likeness (QED) is 0.705. The molecule has 0 spiro atoms. The van der Waals surface area contributed by atoms with Crippen molar-refractivity contribution >= 4 is 23.5 Å². The van der Waals surface area contributed by atoms with Crippen LogP contribution in [0.3, 0.4) is 0 Å². The highest BCUT2D eigenvalue weighted by atomic mass is 16.5. The van der Waals surface area contributed by atoms with E-state index in [1.54, 1.807) is 7.11 Å². The van der Waals surface area contributed by atoms with E-state index in [0.29, 0.717) is 45.3 Å². The minimum absolute atomic E-state index is 0.243. The second-order valence-corrected chi connectivity index (χ2v) is 7.96. The second kappa shape index (κ2) is 8.61. The predicted octanol–water partition coefficient (Wildman–Crippen LogP) is 0.799. The Bertz CT molecular complexity index is 807. The number of nitrogens with zero attached hydrogens (tertiary/aromatic N) is 4. The molecule has 2 unspecified atom stereocenters. The van der Waals surface area contributed by atoms with E-state index < -0.39 is 18.1 Å². The number of ether oxygens (including phenoxy) is 1. The van der Waals surface area contributed by atoms with Crippen molar-refractivity contribution in [1.82, 2.24) is 14.9 Å². The molecule has 0 aromatic heterocycles. The summed E-state index contributed by atoms with van der Waals surface area (Å²) in [5.41, 5.74) is 1.08. The predicted molar refractivity (Wildman–Crippen MR) is 109 cm³/mol. The summed E-state index contributed by atoms with van der Waals surface area (Å²) < 4.78 is 5.30. The van der Waals surface area contributed by atoms with Gasteiger partial charge in [-0.05, 0) is 25.0 Å². The molecule has 1 aromatic carbocycles. The highest BCUT2D eigenvalue weighted by Gasteiger charge is 2.48. The van der Waals surface area contributed by atoms with Gasteiger partial charge in [0, 0.05) is 57.3 Å². The second-order valence-electron chi connectivity index (χ2n) is 7.96. The van der Waals surface area contributed by atoms with Crippen LogP contribution in [-0.2, 0) is 14.4 Å². The monoisotopic (exact) mass is 416 g/mol. The van der Waals surface area contributed by atoms with E-state index in [-0.39, 0.29) is 11.8 Å². The summed E-state index contributed by atoms with van der Waals surface area (Å²) in [6.45, 7) is 3.38. The van der Waals surface area contributed by atoms with Gasteiger partial charge in [-0.15, -0.1) is 0 Å². The number of piperazine rings is 1. The Hall–Kier alpha value is -2.65. The van der Waals surface area contributed by atoms with Gasteiger partial charge in [0.25, 0.3) is 0 Å². The van der Waals surface area contributed by atoms with E-state index in [2.05, 4.69) is 9.91 Å². The van der Waals surface area contributed by atoms with Crippen LogP contribution in [0.4, 0.5) is 5.69 Å². The number of piperidine rings is 1. The topological polar surface area (TPSA) is 93.6 Å². The Morgan fingerprint density at radius 1 is 1.07 bits per heavy atom. The molecule has 2 amide bonds. The molecule has 4 rings (SSSR count). The van der Waals surface area contributed by atoms with E-state index in [9.17, 15) is 19.5 Å². The number of carboxylic acids is 1. The number of aliphatic carboxylic acids is 1. The average Bonchev–Trinajstić information content (AvgIpc) is 3.19. The molecule has 0 saturated carbocycles. The van der Waals surface area contributed by atoms with Crippen molar-refractivity contribution in [2.45, 2.75) is 37.8 Å². The molecule has 3 aliphatic heterocycles. The average molecular weight is 416 g/mol. The minimum atomic E-state index is -0.987. The number of methoxy groups -OCH3 is 1. The Morgan fingerprint density at radius 3 is 2.40 bits per heavy atom. The first kappa shape index (κ1) is 20.6. The fraction of sp³-hybridized carbons (Fsp3) is 0.571. The lowest BCUT2D eigenvalue weighted by atomic mass is 10.0. The Morgan fingerprint density at radius 2 is 1.77 bits per heavy atom. The summed E-state index contributed by atoms with van der Waals surface area (Å²) in [6, 6.07) is 6.41. The molecule has 3 heterocycles. The third-order valence-electron chi connectivity index (χ3n) is 6.28. The number of imide groups is 1. The maximum atomic E-state index is 12.4. The molecule has 1 aromatic rings. The van der Waals surface area contributed by atoms with Crippen LogP contribution in [0.25, 0.3) is 0 Å². The van der Waals surface area contributed by atoms with Crippen LogP contribution in [0.1, 0.15) is 25.7 Å². The zero-order valence-electron chi connectivity index (χ0n) is 17.2. The fourth-order valence-electron chi connectivity index (χ4n) is 4.80. The van der Waals surface area contributed by atoms with Crippen LogP contribution in [0.2, 0.25) is 0 Å². The van der Waals surface area contributed by atoms with Gasteiger partial charge in [0.2, 0.25) is 11.8 Å². The lowest BCUT2D eigenvalue weighted by Gasteiger charge is -2.43. The number of likely N-dealkylation sites (tertiary alicyclic amines) is 1. The van der Waals surface area contributed by atoms with Gasteiger partial charge in [-0.3, -0.25) is 19.3 Å². The summed E-state index contributed by atoms with van der Waals surface area (Å²) in [5, 5.41) is 13.8. The molecule has 0 bridgehead atoms. The van der Waals surface area contributed by atoms with Gasteiger partial charge in [0.15, 0.2) is 0 Å². The smallest absolute Gasteiger partial charge is 0.324 e. The largest absolute Gasteiger partial charge is 0.497 e. The third-order valence-corrected chi connectivity index (χ3v) is 6.28. The van der Waals surface area contributed by atoms with Crippen molar-refractivity contribution in [3.05, 3.63) is 24.3 Å². The molecular weight excluding hydrogens is 388 g/mol. The Labute approximate surface area is 175 Å². The van der Waals surface area contributed by atoms with E-state index in [4.69, 9.17) is 4.74 Å². The SMILES string of the molecule is COc1cccc(N2CCN(N3CCC(N4C(=O)CCCC4=O)C3C(=O)O)CC2)c1. The highest BCUT2D eigenvalue weighted by molar-refractivity contribution is 5.98. The van der Waals surface area contributed by atoms with Crippen LogP contribution in [-0.4, -0.2) is 89.7 Å². The number of hydrogen-bond acceptors (Lipinski definition) is 7. The lowest BCUT2D eigenvalue weighted by Crippen LogP contribution is -2.61. The zero-order chi connectivity index (χ0) is 21.3. The number of benzene rings is 1. The first-order valence-corrected chi connectivity index (χ1v) is 10.5. The number of carboxylic acid groups (broad SMARTS) is 1. The third kappa shape index (κ3) is 3.87. The van der Waals surface area contributed by atoms with Gasteiger partial charge in [0.1, 0.15) is 11.8 Å². The highest BCUT2D eigenvalue weighted by Crippen LogP contribution is 2.30. The molecule has 9 heteroatoms. The first-order chi connectivity index (χ1) is 14.5. The van der Waals surface area contributed by atoms with Crippen molar-refractivity contribution in [1.29, 1.82) is 0 Å². The van der Waals surface area contributed by atoms with Crippen LogP contribution in [0, 0.1) is 0 Å². The normalized spacial score (nSPS) is 26.3. The number of carbonyl (C=O) groups is 3. The van der Waals surface area contributed by atoms with E-state index in [1.807, 2.05) is 29.3 Å². The van der Waals surface area contributed by atoms with Crippen molar-refractivity contribution in [3.8, 4) is 5.75 Å². The molecule has 3 saturated heterocycles. The van der Waals surface area contributed by atoms with Crippen molar-refractivity contribution in [2.24, 2.45) is 0 Å². The number of anilines is 1. The van der Waals surface area contributed by atoms with Crippen LogP contribution in [0.15, 0.2) is 24.3 Å². The summed E-state index contributed by atoms with van der Waals surface area (Å²) in [4.78, 5) is 40.3. The number of hydrazine groups is 1. The van der Waals surface area contributed by atoms with Crippen molar-refractivity contribution in [3.63, 3.8) is 0 Å². The van der Waals surface area contributed by atoms with Crippen molar-refractivity contribution < 1.29 is 24.2 Å². The number of rotatable bonds is 5. The molecular formula is C21H28N4O5. The van der Waals surface area contributed by atoms with Gasteiger partial charge in [-0.25, -0.2) is 10.0 Å². The van der Waals surface area contributed by atoms with Crippen LogP contribution >= 0.6 is 0 Å². The number of hydrogen-bond donors (Lipinski definition) is 1. The van der Waals surface area contributed by atoms with Gasteiger partial charge in [-0.2, -0.15) is 0 Å². The van der Waals surface area contributed by atoms with Gasteiger partial charge in [0.05, 0.1) is 13.2 Å². The molecule has 30 heavy (non-hydrogen) atoms. The number of carbonyl (C=O) groups excluding carboxylic acids is 2. The molecule has 9 nitrogen and oxygen atoms in total. The summed E-state index contributed by atoms with van der Waals surface area (Å²) in [6.07, 6.45) is 1.67. The molecule has 3 fully saturated rings. The van der Waals surface area contributed by atoms with Gasteiger partial charge >= 0.3 is 5.97 Å².